The molecule has 2 rings (SSSR count). The van der Waals surface area contributed by atoms with E-state index >= 15 is 0 Å². The van der Waals surface area contributed by atoms with E-state index in [0.29, 0.717) is 13.0 Å². The van der Waals surface area contributed by atoms with Crippen molar-refractivity contribution in [1.82, 2.24) is 10.4 Å². The first-order chi connectivity index (χ1) is 9.81. The maximum absolute atomic E-state index is 11.8. The molecule has 1 heterocycles. The van der Waals surface area contributed by atoms with Crippen LogP contribution in [-0.2, 0) is 16.0 Å². The topological polar surface area (TPSA) is 77.2 Å². The number of benzene rings is 1. The summed E-state index contributed by atoms with van der Waals surface area (Å²) in [5.74, 6) is 4.84. The fourth-order valence-electron chi connectivity index (χ4n) is 1.85. The molecule has 1 atom stereocenters. The maximum Gasteiger partial charge on any atom is 0.267 e. The number of rotatable bonds is 6. The first kappa shape index (κ1) is 14.2. The molecule has 0 aliphatic heterocycles. The quantitative estimate of drug-likeness (QED) is 0.472. The molecular formula is C15H17N3O2. The lowest BCUT2D eigenvalue weighted by Crippen LogP contribution is -2.36. The van der Waals surface area contributed by atoms with E-state index < -0.39 is 6.10 Å². The number of amides is 1. The number of carbonyl (C=O) groups excluding carboxylic acids is 1. The highest BCUT2D eigenvalue weighted by Gasteiger charge is 2.20. The van der Waals surface area contributed by atoms with Gasteiger partial charge in [0, 0.05) is 18.3 Å². The summed E-state index contributed by atoms with van der Waals surface area (Å²) < 4.78 is 5.65. The Bertz CT molecular complexity index is 531. The van der Waals surface area contributed by atoms with Crippen LogP contribution < -0.4 is 11.3 Å². The van der Waals surface area contributed by atoms with Crippen LogP contribution in [0, 0.1) is 0 Å². The van der Waals surface area contributed by atoms with Crippen molar-refractivity contribution < 1.29 is 9.53 Å². The number of carbonyl (C=O) groups is 1. The fourth-order valence-corrected chi connectivity index (χ4v) is 1.85. The summed E-state index contributed by atoms with van der Waals surface area (Å²) in [5, 5.41) is 0. The van der Waals surface area contributed by atoms with Crippen LogP contribution in [-0.4, -0.2) is 17.5 Å². The minimum absolute atomic E-state index is 0.364. The minimum Gasteiger partial charge on any atom is -0.363 e. The van der Waals surface area contributed by atoms with Crippen molar-refractivity contribution >= 4 is 5.91 Å². The molecule has 0 bridgehead atoms. The summed E-state index contributed by atoms with van der Waals surface area (Å²) in [5.41, 5.74) is 3.83. The average molecular weight is 271 g/mol. The van der Waals surface area contributed by atoms with Crippen LogP contribution in [0.25, 0.3) is 0 Å². The van der Waals surface area contributed by atoms with Gasteiger partial charge < -0.3 is 4.74 Å². The normalized spacial score (nSPS) is 11.8. The van der Waals surface area contributed by atoms with Gasteiger partial charge in [-0.1, -0.05) is 36.4 Å². The van der Waals surface area contributed by atoms with Gasteiger partial charge in [0.15, 0.2) is 6.10 Å². The van der Waals surface area contributed by atoms with E-state index in [0.717, 1.165) is 11.3 Å². The summed E-state index contributed by atoms with van der Waals surface area (Å²) in [7, 11) is 0. The Kier molecular flexibility index (Phi) is 5.23. The van der Waals surface area contributed by atoms with Gasteiger partial charge in [-0.2, -0.15) is 0 Å². The SMILES string of the molecule is NNC(=O)C(OCCc1ccccn1)c1ccccc1. The van der Waals surface area contributed by atoms with Crippen LogP contribution in [0.3, 0.4) is 0 Å². The molecule has 0 spiro atoms. The molecule has 1 aromatic heterocycles. The zero-order valence-electron chi connectivity index (χ0n) is 11.0. The first-order valence-corrected chi connectivity index (χ1v) is 6.38. The van der Waals surface area contributed by atoms with Crippen LogP contribution in [0.4, 0.5) is 0 Å². The molecule has 0 aliphatic carbocycles. The standard InChI is InChI=1S/C15H17N3O2/c16-18-15(19)14(12-6-2-1-3-7-12)20-11-9-13-8-4-5-10-17-13/h1-8,10,14H,9,11,16H2,(H,18,19). The van der Waals surface area contributed by atoms with Crippen molar-refractivity contribution in [3.05, 3.63) is 66.0 Å². The van der Waals surface area contributed by atoms with E-state index in [1.54, 1.807) is 6.20 Å². The first-order valence-electron chi connectivity index (χ1n) is 6.38. The number of nitrogens with one attached hydrogen (secondary N) is 1. The molecule has 2 aromatic rings. The van der Waals surface area contributed by atoms with E-state index in [4.69, 9.17) is 10.6 Å². The third-order valence-electron chi connectivity index (χ3n) is 2.85. The number of aromatic nitrogens is 1. The Morgan fingerprint density at radius 1 is 1.20 bits per heavy atom. The zero-order chi connectivity index (χ0) is 14.2. The second-order valence-corrected chi connectivity index (χ2v) is 4.24. The van der Waals surface area contributed by atoms with Gasteiger partial charge in [-0.05, 0) is 17.7 Å². The number of nitrogens with zero attached hydrogens (tertiary/aromatic N) is 1. The van der Waals surface area contributed by atoms with Gasteiger partial charge in [-0.15, -0.1) is 0 Å². The Hall–Kier alpha value is -2.24. The second kappa shape index (κ2) is 7.37. The van der Waals surface area contributed by atoms with E-state index in [2.05, 4.69) is 10.4 Å². The lowest BCUT2D eigenvalue weighted by molar-refractivity contribution is -0.133. The Balaban J connectivity index is 1.97. The monoisotopic (exact) mass is 271 g/mol. The Labute approximate surface area is 117 Å². The summed E-state index contributed by atoms with van der Waals surface area (Å²) >= 11 is 0. The Morgan fingerprint density at radius 3 is 2.60 bits per heavy atom. The predicted octanol–water partition coefficient (Wildman–Crippen LogP) is 1.37. The minimum atomic E-state index is -0.704. The molecule has 104 valence electrons. The molecular weight excluding hydrogens is 254 g/mol. The number of nitrogens with two attached hydrogens (primary N) is 1. The predicted molar refractivity (Wildman–Crippen MR) is 75.4 cm³/mol. The van der Waals surface area contributed by atoms with Crippen molar-refractivity contribution in [1.29, 1.82) is 0 Å². The molecule has 0 fully saturated rings. The molecule has 1 amide bonds. The van der Waals surface area contributed by atoms with Gasteiger partial charge in [0.05, 0.1) is 6.61 Å². The number of ether oxygens (including phenoxy) is 1. The van der Waals surface area contributed by atoms with Crippen LogP contribution in [0.2, 0.25) is 0 Å². The highest BCUT2D eigenvalue weighted by Crippen LogP contribution is 2.17. The van der Waals surface area contributed by atoms with Crippen molar-refractivity contribution in [2.45, 2.75) is 12.5 Å². The van der Waals surface area contributed by atoms with Gasteiger partial charge in [-0.25, -0.2) is 5.84 Å². The summed E-state index contributed by atoms with van der Waals surface area (Å²) in [4.78, 5) is 16.0. The molecule has 5 heteroatoms. The zero-order valence-corrected chi connectivity index (χ0v) is 11.0. The maximum atomic E-state index is 11.8. The molecule has 1 unspecified atom stereocenters. The third-order valence-corrected chi connectivity index (χ3v) is 2.85. The summed E-state index contributed by atoms with van der Waals surface area (Å²) in [6.45, 7) is 0.393. The third kappa shape index (κ3) is 3.88. The smallest absolute Gasteiger partial charge is 0.267 e. The molecule has 1 aromatic carbocycles. The van der Waals surface area contributed by atoms with Gasteiger partial charge >= 0.3 is 0 Å². The number of hydrogen-bond acceptors (Lipinski definition) is 4. The largest absolute Gasteiger partial charge is 0.363 e. The lowest BCUT2D eigenvalue weighted by atomic mass is 10.1. The van der Waals surface area contributed by atoms with Crippen molar-refractivity contribution in [2.75, 3.05) is 6.61 Å². The fraction of sp³-hybridized carbons (Fsp3) is 0.200. The molecule has 20 heavy (non-hydrogen) atoms. The molecule has 5 nitrogen and oxygen atoms in total. The van der Waals surface area contributed by atoms with E-state index in [9.17, 15) is 4.79 Å². The molecule has 0 saturated heterocycles. The van der Waals surface area contributed by atoms with Crippen LogP contribution in [0.1, 0.15) is 17.4 Å². The van der Waals surface area contributed by atoms with E-state index in [-0.39, 0.29) is 5.91 Å². The molecule has 3 N–H and O–H groups in total. The lowest BCUT2D eigenvalue weighted by Gasteiger charge is -2.16. The molecule has 0 aliphatic rings. The van der Waals surface area contributed by atoms with Gasteiger partial charge in [0.2, 0.25) is 0 Å². The summed E-state index contributed by atoms with van der Waals surface area (Å²) in [6, 6.07) is 15.0. The average Bonchev–Trinajstić information content (AvgIpc) is 2.53. The van der Waals surface area contributed by atoms with Crippen molar-refractivity contribution in [3.8, 4) is 0 Å². The van der Waals surface area contributed by atoms with Gasteiger partial charge in [0.25, 0.3) is 5.91 Å². The molecule has 0 radical (unpaired) electrons. The second-order valence-electron chi connectivity index (χ2n) is 4.24. The van der Waals surface area contributed by atoms with Crippen LogP contribution in [0.5, 0.6) is 0 Å². The van der Waals surface area contributed by atoms with Gasteiger partial charge in [-0.3, -0.25) is 15.2 Å². The number of pyridine rings is 1. The molecule has 0 saturated carbocycles. The van der Waals surface area contributed by atoms with Crippen LogP contribution >= 0.6 is 0 Å². The summed E-state index contributed by atoms with van der Waals surface area (Å²) in [6.07, 6.45) is 1.67. The highest BCUT2D eigenvalue weighted by atomic mass is 16.5. The highest BCUT2D eigenvalue weighted by molar-refractivity contribution is 5.81. The number of hydrazine groups is 1. The van der Waals surface area contributed by atoms with Crippen molar-refractivity contribution in [2.24, 2.45) is 5.84 Å². The van der Waals surface area contributed by atoms with E-state index in [1.807, 2.05) is 48.5 Å². The van der Waals surface area contributed by atoms with Crippen molar-refractivity contribution in [3.63, 3.8) is 0 Å². The van der Waals surface area contributed by atoms with Gasteiger partial charge in [0.1, 0.15) is 0 Å². The number of hydrogen-bond donors (Lipinski definition) is 2. The van der Waals surface area contributed by atoms with Crippen LogP contribution in [0.15, 0.2) is 54.7 Å². The Morgan fingerprint density at radius 2 is 1.95 bits per heavy atom. The van der Waals surface area contributed by atoms with E-state index in [1.165, 1.54) is 0 Å².